The van der Waals surface area contributed by atoms with Gasteiger partial charge in [-0.2, -0.15) is 0 Å². The summed E-state index contributed by atoms with van der Waals surface area (Å²) in [5.41, 5.74) is -0.133. The van der Waals surface area contributed by atoms with Crippen LogP contribution in [0.2, 0.25) is 0 Å². The molecule has 3 fully saturated rings. The van der Waals surface area contributed by atoms with Crippen molar-refractivity contribution in [2.75, 3.05) is 37.7 Å². The van der Waals surface area contributed by atoms with E-state index in [-0.39, 0.29) is 11.5 Å². The van der Waals surface area contributed by atoms with Gasteiger partial charge >= 0.3 is 0 Å². The minimum atomic E-state index is -0.133. The van der Waals surface area contributed by atoms with Gasteiger partial charge in [-0.15, -0.1) is 0 Å². The van der Waals surface area contributed by atoms with E-state index in [9.17, 15) is 4.79 Å². The summed E-state index contributed by atoms with van der Waals surface area (Å²) in [6, 6.07) is 6.08. The molecule has 2 aliphatic heterocycles. The lowest BCUT2D eigenvalue weighted by Gasteiger charge is -2.43. The van der Waals surface area contributed by atoms with E-state index in [0.29, 0.717) is 5.91 Å². The van der Waals surface area contributed by atoms with Crippen molar-refractivity contribution in [2.45, 2.75) is 57.5 Å². The lowest BCUT2D eigenvalue weighted by molar-refractivity contribution is -0.137. The van der Waals surface area contributed by atoms with Crippen LogP contribution in [0.3, 0.4) is 0 Å². The van der Waals surface area contributed by atoms with Gasteiger partial charge in [-0.25, -0.2) is 4.98 Å². The summed E-state index contributed by atoms with van der Waals surface area (Å²) in [4.78, 5) is 22.0. The Morgan fingerprint density at radius 1 is 1.15 bits per heavy atom. The molecule has 1 spiro atoms. The first kappa shape index (κ1) is 18.7. The molecule has 0 N–H and O–H groups in total. The number of aromatic nitrogens is 1. The molecule has 4 rings (SSSR count). The second-order valence-corrected chi connectivity index (χ2v) is 8.78. The summed E-state index contributed by atoms with van der Waals surface area (Å²) in [5, 5.41) is 0. The van der Waals surface area contributed by atoms with Crippen molar-refractivity contribution < 1.29 is 9.53 Å². The zero-order valence-electron chi connectivity index (χ0n) is 16.6. The quantitative estimate of drug-likeness (QED) is 0.798. The van der Waals surface area contributed by atoms with Crippen molar-refractivity contribution in [3.63, 3.8) is 0 Å². The number of amides is 1. The SMILES string of the molecule is CC1CCC(C(=O)N2CCCC3(CC2)CN(c2ccccn2)CCO3)CC1. The van der Waals surface area contributed by atoms with Gasteiger partial charge in [0.2, 0.25) is 5.91 Å². The molecule has 1 aliphatic carbocycles. The van der Waals surface area contributed by atoms with Crippen LogP contribution < -0.4 is 4.90 Å². The molecule has 0 radical (unpaired) electrons. The van der Waals surface area contributed by atoms with Crippen molar-refractivity contribution in [2.24, 2.45) is 11.8 Å². The van der Waals surface area contributed by atoms with Crippen LogP contribution in [-0.2, 0) is 9.53 Å². The molecule has 1 atom stereocenters. The average molecular weight is 372 g/mol. The standard InChI is InChI=1S/C22H33N3O2/c1-18-6-8-19(9-7-18)21(26)24-13-4-10-22(11-14-24)17-25(15-16-27-22)20-5-2-3-12-23-20/h2-3,5,12,18-19H,4,6-11,13-17H2,1H3. The Bertz CT molecular complexity index is 630. The molecular weight excluding hydrogens is 338 g/mol. The normalized spacial score (nSPS) is 32.3. The summed E-state index contributed by atoms with van der Waals surface area (Å²) < 4.78 is 6.32. The summed E-state index contributed by atoms with van der Waals surface area (Å²) in [6.07, 6.45) is 9.41. The molecule has 0 aromatic carbocycles. The number of hydrogen-bond donors (Lipinski definition) is 0. The van der Waals surface area contributed by atoms with Crippen LogP contribution in [0.1, 0.15) is 51.9 Å². The Hall–Kier alpha value is -1.62. The highest BCUT2D eigenvalue weighted by atomic mass is 16.5. The van der Waals surface area contributed by atoms with Gasteiger partial charge < -0.3 is 14.5 Å². The summed E-state index contributed by atoms with van der Waals surface area (Å²) in [6.45, 7) is 6.55. The third-order valence-corrected chi connectivity index (χ3v) is 6.80. The van der Waals surface area contributed by atoms with Crippen LogP contribution in [0.25, 0.3) is 0 Å². The molecule has 1 saturated carbocycles. The highest BCUT2D eigenvalue weighted by Crippen LogP contribution is 2.34. The van der Waals surface area contributed by atoms with E-state index in [1.165, 1.54) is 12.8 Å². The van der Waals surface area contributed by atoms with E-state index in [0.717, 1.165) is 76.6 Å². The minimum absolute atomic E-state index is 0.133. The smallest absolute Gasteiger partial charge is 0.225 e. The first-order chi connectivity index (χ1) is 13.2. The molecule has 3 aliphatic rings. The van der Waals surface area contributed by atoms with E-state index >= 15 is 0 Å². The molecule has 1 aromatic heterocycles. The third kappa shape index (κ3) is 4.29. The van der Waals surface area contributed by atoms with Crippen LogP contribution in [-0.4, -0.2) is 54.2 Å². The third-order valence-electron chi connectivity index (χ3n) is 6.80. The van der Waals surface area contributed by atoms with Gasteiger partial charge in [0, 0.05) is 38.3 Å². The van der Waals surface area contributed by atoms with E-state index in [2.05, 4.69) is 27.8 Å². The van der Waals surface area contributed by atoms with Crippen LogP contribution in [0.15, 0.2) is 24.4 Å². The van der Waals surface area contributed by atoms with Crippen LogP contribution in [0.5, 0.6) is 0 Å². The second kappa shape index (κ2) is 8.17. The van der Waals surface area contributed by atoms with Gasteiger partial charge in [-0.1, -0.05) is 13.0 Å². The van der Waals surface area contributed by atoms with Gasteiger partial charge in [0.1, 0.15) is 5.82 Å². The number of morpholine rings is 1. The summed E-state index contributed by atoms with van der Waals surface area (Å²) in [7, 11) is 0. The van der Waals surface area contributed by atoms with Gasteiger partial charge in [0.05, 0.1) is 12.2 Å². The van der Waals surface area contributed by atoms with Crippen molar-refractivity contribution in [3.8, 4) is 0 Å². The van der Waals surface area contributed by atoms with Gasteiger partial charge in [0.25, 0.3) is 0 Å². The van der Waals surface area contributed by atoms with E-state index in [1.54, 1.807) is 0 Å². The van der Waals surface area contributed by atoms with Crippen molar-refractivity contribution in [1.29, 1.82) is 0 Å². The molecule has 2 saturated heterocycles. The lowest BCUT2D eigenvalue weighted by Crippen LogP contribution is -2.52. The molecule has 1 aromatic rings. The molecule has 1 unspecified atom stereocenters. The second-order valence-electron chi connectivity index (χ2n) is 8.78. The number of nitrogens with zero attached hydrogens (tertiary/aromatic N) is 3. The van der Waals surface area contributed by atoms with Gasteiger partial charge in [0.15, 0.2) is 0 Å². The number of carbonyl (C=O) groups is 1. The van der Waals surface area contributed by atoms with Crippen molar-refractivity contribution >= 4 is 11.7 Å². The molecule has 0 bridgehead atoms. The predicted octanol–water partition coefficient (Wildman–Crippen LogP) is 3.50. The van der Waals surface area contributed by atoms with Crippen molar-refractivity contribution in [1.82, 2.24) is 9.88 Å². The number of hydrogen-bond acceptors (Lipinski definition) is 4. The zero-order chi connectivity index (χ0) is 18.7. The number of rotatable bonds is 2. The number of likely N-dealkylation sites (tertiary alicyclic amines) is 1. The van der Waals surface area contributed by atoms with E-state index < -0.39 is 0 Å². The summed E-state index contributed by atoms with van der Waals surface area (Å²) in [5.74, 6) is 2.48. The summed E-state index contributed by atoms with van der Waals surface area (Å²) >= 11 is 0. The maximum absolute atomic E-state index is 13.0. The molecule has 5 heteroatoms. The fourth-order valence-corrected chi connectivity index (χ4v) is 5.04. The zero-order valence-corrected chi connectivity index (χ0v) is 16.6. The monoisotopic (exact) mass is 371 g/mol. The minimum Gasteiger partial charge on any atom is -0.371 e. The maximum atomic E-state index is 13.0. The number of carbonyl (C=O) groups excluding carboxylic acids is 1. The fraction of sp³-hybridized carbons (Fsp3) is 0.727. The van der Waals surface area contributed by atoms with Crippen LogP contribution >= 0.6 is 0 Å². The predicted molar refractivity (Wildman–Crippen MR) is 107 cm³/mol. The first-order valence-corrected chi connectivity index (χ1v) is 10.7. The first-order valence-electron chi connectivity index (χ1n) is 10.7. The Morgan fingerprint density at radius 3 is 2.78 bits per heavy atom. The highest BCUT2D eigenvalue weighted by Gasteiger charge is 2.40. The Kier molecular flexibility index (Phi) is 5.67. The number of anilines is 1. The highest BCUT2D eigenvalue weighted by molar-refractivity contribution is 5.79. The molecule has 3 heterocycles. The van der Waals surface area contributed by atoms with Crippen molar-refractivity contribution in [3.05, 3.63) is 24.4 Å². The molecule has 5 nitrogen and oxygen atoms in total. The van der Waals surface area contributed by atoms with Crippen LogP contribution in [0, 0.1) is 11.8 Å². The molecule has 1 amide bonds. The number of ether oxygens (including phenoxy) is 1. The number of pyridine rings is 1. The van der Waals surface area contributed by atoms with Crippen LogP contribution in [0.4, 0.5) is 5.82 Å². The maximum Gasteiger partial charge on any atom is 0.225 e. The van der Waals surface area contributed by atoms with Gasteiger partial charge in [-0.3, -0.25) is 4.79 Å². The largest absolute Gasteiger partial charge is 0.371 e. The fourth-order valence-electron chi connectivity index (χ4n) is 5.04. The molecule has 27 heavy (non-hydrogen) atoms. The lowest BCUT2D eigenvalue weighted by atomic mass is 9.82. The average Bonchev–Trinajstić information content (AvgIpc) is 2.91. The Morgan fingerprint density at radius 2 is 2.00 bits per heavy atom. The molecular formula is C22H33N3O2. The Labute approximate surface area is 163 Å². The van der Waals surface area contributed by atoms with Gasteiger partial charge in [-0.05, 0) is 63.0 Å². The Balaban J connectivity index is 1.38. The van der Waals surface area contributed by atoms with E-state index in [4.69, 9.17) is 4.74 Å². The molecule has 148 valence electrons. The van der Waals surface area contributed by atoms with E-state index in [1.807, 2.05) is 18.3 Å². The topological polar surface area (TPSA) is 45.7 Å².